The van der Waals surface area contributed by atoms with E-state index in [1.54, 1.807) is 6.20 Å². The van der Waals surface area contributed by atoms with E-state index < -0.39 is 0 Å². The Morgan fingerprint density at radius 2 is 2.00 bits per heavy atom. The second kappa shape index (κ2) is 6.68. The van der Waals surface area contributed by atoms with Gasteiger partial charge in [-0.25, -0.2) is 0 Å². The predicted molar refractivity (Wildman–Crippen MR) is 77.7 cm³/mol. The number of hydrogen-bond acceptors (Lipinski definition) is 5. The van der Waals surface area contributed by atoms with Crippen molar-refractivity contribution < 1.29 is 0 Å². The van der Waals surface area contributed by atoms with E-state index in [4.69, 9.17) is 0 Å². The molecule has 2 rings (SSSR count). The molecule has 0 radical (unpaired) electrons. The first-order valence-electron chi connectivity index (χ1n) is 6.53. The van der Waals surface area contributed by atoms with Crippen molar-refractivity contribution in [3.8, 4) is 0 Å². The van der Waals surface area contributed by atoms with Gasteiger partial charge in [-0.1, -0.05) is 31.5 Å². The normalized spacial score (nSPS) is 10.2. The first-order chi connectivity index (χ1) is 9.31. The molecule has 0 aliphatic rings. The maximum absolute atomic E-state index is 4.46. The molecule has 0 fully saturated rings. The summed E-state index contributed by atoms with van der Waals surface area (Å²) >= 11 is 0. The fourth-order valence-electron chi connectivity index (χ4n) is 1.69. The predicted octanol–water partition coefficient (Wildman–Crippen LogP) is 2.85. The van der Waals surface area contributed by atoms with Gasteiger partial charge >= 0.3 is 0 Å². The number of para-hydroxylation sites is 1. The van der Waals surface area contributed by atoms with Gasteiger partial charge in [0, 0.05) is 19.3 Å². The van der Waals surface area contributed by atoms with Crippen LogP contribution in [0.4, 0.5) is 17.5 Å². The van der Waals surface area contributed by atoms with Gasteiger partial charge in [-0.2, -0.15) is 10.1 Å². The van der Waals surface area contributed by atoms with Crippen LogP contribution in [0.3, 0.4) is 0 Å². The minimum Gasteiger partial charge on any atom is -0.353 e. The van der Waals surface area contributed by atoms with Gasteiger partial charge in [0.25, 0.3) is 0 Å². The van der Waals surface area contributed by atoms with E-state index in [1.165, 1.54) is 0 Å². The number of hydrogen-bond donors (Lipinski definition) is 1. The Bertz CT molecular complexity index is 500. The van der Waals surface area contributed by atoms with E-state index in [0.29, 0.717) is 5.95 Å². The van der Waals surface area contributed by atoms with Crippen molar-refractivity contribution >= 4 is 17.5 Å². The van der Waals surface area contributed by atoms with Crippen molar-refractivity contribution in [2.24, 2.45) is 0 Å². The van der Waals surface area contributed by atoms with Crippen molar-refractivity contribution in [2.75, 3.05) is 23.8 Å². The third kappa shape index (κ3) is 3.64. The molecule has 0 aliphatic carbocycles. The number of aromatic nitrogens is 3. The van der Waals surface area contributed by atoms with Crippen LogP contribution >= 0.6 is 0 Å². The fourth-order valence-corrected chi connectivity index (χ4v) is 1.69. The quantitative estimate of drug-likeness (QED) is 0.806. The van der Waals surface area contributed by atoms with E-state index in [-0.39, 0.29) is 0 Å². The summed E-state index contributed by atoms with van der Waals surface area (Å²) in [6.07, 6.45) is 3.91. The standard InChI is InChI=1S/C14H19N5/c1-3-4-10-15-14-17-13(11-16-18-14)19(2)12-8-6-5-7-9-12/h5-9,11H,3-4,10H2,1-2H3,(H,15,17,18). The lowest BCUT2D eigenvalue weighted by Crippen LogP contribution is -2.14. The van der Waals surface area contributed by atoms with Crippen LogP contribution in [0.25, 0.3) is 0 Å². The van der Waals surface area contributed by atoms with Crippen LogP contribution in [0.15, 0.2) is 36.5 Å². The van der Waals surface area contributed by atoms with Crippen molar-refractivity contribution in [1.29, 1.82) is 0 Å². The number of benzene rings is 1. The zero-order valence-electron chi connectivity index (χ0n) is 11.4. The summed E-state index contributed by atoms with van der Waals surface area (Å²) in [5.41, 5.74) is 1.07. The average molecular weight is 257 g/mol. The number of nitrogens with zero attached hydrogens (tertiary/aromatic N) is 4. The van der Waals surface area contributed by atoms with Gasteiger partial charge in [0.05, 0.1) is 6.20 Å². The molecule has 1 aromatic heterocycles. The molecule has 5 nitrogen and oxygen atoms in total. The summed E-state index contributed by atoms with van der Waals surface area (Å²) in [6, 6.07) is 10.1. The molecule has 0 saturated heterocycles. The van der Waals surface area contributed by atoms with Gasteiger partial charge in [0.2, 0.25) is 5.95 Å². The Hall–Kier alpha value is -2.17. The van der Waals surface area contributed by atoms with E-state index in [2.05, 4.69) is 27.4 Å². The molecular weight excluding hydrogens is 238 g/mol. The Morgan fingerprint density at radius 3 is 2.74 bits per heavy atom. The monoisotopic (exact) mass is 257 g/mol. The first kappa shape index (κ1) is 13.3. The summed E-state index contributed by atoms with van der Waals surface area (Å²) in [5, 5.41) is 11.2. The Labute approximate surface area is 113 Å². The molecule has 5 heteroatoms. The van der Waals surface area contributed by atoms with Gasteiger partial charge < -0.3 is 10.2 Å². The second-order valence-corrected chi connectivity index (χ2v) is 4.31. The zero-order valence-corrected chi connectivity index (χ0v) is 11.4. The average Bonchev–Trinajstić information content (AvgIpc) is 2.48. The molecule has 0 spiro atoms. The van der Waals surface area contributed by atoms with Crippen LogP contribution in [-0.4, -0.2) is 28.8 Å². The molecule has 0 saturated carbocycles. The molecule has 0 aliphatic heterocycles. The van der Waals surface area contributed by atoms with Crippen LogP contribution in [0.5, 0.6) is 0 Å². The Balaban J connectivity index is 2.10. The van der Waals surface area contributed by atoms with Gasteiger partial charge in [0.15, 0.2) is 5.82 Å². The molecule has 1 N–H and O–H groups in total. The number of anilines is 3. The molecule has 0 atom stereocenters. The first-order valence-corrected chi connectivity index (χ1v) is 6.53. The molecule has 0 unspecified atom stereocenters. The lowest BCUT2D eigenvalue weighted by Gasteiger charge is -2.17. The largest absolute Gasteiger partial charge is 0.353 e. The maximum atomic E-state index is 4.46. The molecule has 19 heavy (non-hydrogen) atoms. The Morgan fingerprint density at radius 1 is 1.21 bits per heavy atom. The van der Waals surface area contributed by atoms with Crippen LogP contribution in [0.2, 0.25) is 0 Å². The second-order valence-electron chi connectivity index (χ2n) is 4.31. The highest BCUT2D eigenvalue weighted by Crippen LogP contribution is 2.20. The summed E-state index contributed by atoms with van der Waals surface area (Å²) in [6.45, 7) is 3.02. The number of unbranched alkanes of at least 4 members (excludes halogenated alkanes) is 1. The fraction of sp³-hybridized carbons (Fsp3) is 0.357. The number of rotatable bonds is 6. The molecule has 100 valence electrons. The minimum absolute atomic E-state index is 0.578. The molecule has 0 bridgehead atoms. The van der Waals surface area contributed by atoms with Gasteiger partial charge in [0.1, 0.15) is 0 Å². The topological polar surface area (TPSA) is 53.9 Å². The van der Waals surface area contributed by atoms with Crippen molar-refractivity contribution in [1.82, 2.24) is 15.2 Å². The van der Waals surface area contributed by atoms with Crippen LogP contribution in [0.1, 0.15) is 19.8 Å². The summed E-state index contributed by atoms with van der Waals surface area (Å²) in [4.78, 5) is 6.45. The maximum Gasteiger partial charge on any atom is 0.244 e. The molecule has 1 aromatic carbocycles. The van der Waals surface area contributed by atoms with Crippen molar-refractivity contribution in [3.63, 3.8) is 0 Å². The van der Waals surface area contributed by atoms with Crippen LogP contribution in [0, 0.1) is 0 Å². The van der Waals surface area contributed by atoms with Crippen molar-refractivity contribution in [3.05, 3.63) is 36.5 Å². The zero-order chi connectivity index (χ0) is 13.5. The summed E-state index contributed by atoms with van der Waals surface area (Å²) in [7, 11) is 1.97. The van der Waals surface area contributed by atoms with E-state index in [9.17, 15) is 0 Å². The lowest BCUT2D eigenvalue weighted by atomic mass is 10.3. The smallest absolute Gasteiger partial charge is 0.244 e. The molecule has 1 heterocycles. The SMILES string of the molecule is CCCCNc1nncc(N(C)c2ccccc2)n1. The van der Waals surface area contributed by atoms with Gasteiger partial charge in [-0.15, -0.1) is 5.10 Å². The van der Waals surface area contributed by atoms with Crippen LogP contribution < -0.4 is 10.2 Å². The highest BCUT2D eigenvalue weighted by molar-refractivity contribution is 5.58. The van der Waals surface area contributed by atoms with E-state index >= 15 is 0 Å². The molecular formula is C14H19N5. The van der Waals surface area contributed by atoms with Gasteiger partial charge in [-0.05, 0) is 18.6 Å². The highest BCUT2D eigenvalue weighted by Gasteiger charge is 2.06. The minimum atomic E-state index is 0.578. The summed E-state index contributed by atoms with van der Waals surface area (Å²) in [5.74, 6) is 1.36. The van der Waals surface area contributed by atoms with Crippen LogP contribution in [-0.2, 0) is 0 Å². The lowest BCUT2D eigenvalue weighted by molar-refractivity contribution is 0.818. The highest BCUT2D eigenvalue weighted by atomic mass is 15.3. The van der Waals surface area contributed by atoms with Gasteiger partial charge in [-0.3, -0.25) is 0 Å². The van der Waals surface area contributed by atoms with E-state index in [0.717, 1.165) is 30.9 Å². The Kier molecular flexibility index (Phi) is 4.66. The van der Waals surface area contributed by atoms with E-state index in [1.807, 2.05) is 42.3 Å². The number of nitrogens with one attached hydrogen (secondary N) is 1. The molecule has 2 aromatic rings. The third-order valence-corrected chi connectivity index (χ3v) is 2.85. The molecule has 0 amide bonds. The third-order valence-electron chi connectivity index (χ3n) is 2.85. The summed E-state index contributed by atoms with van der Waals surface area (Å²) < 4.78 is 0. The van der Waals surface area contributed by atoms with Crippen molar-refractivity contribution in [2.45, 2.75) is 19.8 Å².